The van der Waals surface area contributed by atoms with E-state index in [1.165, 1.54) is 11.7 Å². The lowest BCUT2D eigenvalue weighted by atomic mass is 10.1. The average Bonchev–Trinajstić information content (AvgIpc) is 3.08. The molecule has 0 aliphatic rings. The van der Waals surface area contributed by atoms with Crippen molar-refractivity contribution in [1.29, 1.82) is 0 Å². The number of aliphatic imine (C=N–C) groups is 1. The maximum absolute atomic E-state index is 5.86. The number of fused-ring (bicyclic) bond motifs is 1. The van der Waals surface area contributed by atoms with Gasteiger partial charge in [-0.1, -0.05) is 28.1 Å². The molecule has 28 heavy (non-hydrogen) atoms. The van der Waals surface area contributed by atoms with Crippen molar-refractivity contribution >= 4 is 56.6 Å². The van der Waals surface area contributed by atoms with Crippen molar-refractivity contribution in [3.63, 3.8) is 0 Å². The van der Waals surface area contributed by atoms with Crippen LogP contribution in [0.15, 0.2) is 52.2 Å². The van der Waals surface area contributed by atoms with Gasteiger partial charge in [-0.25, -0.2) is 9.98 Å². The monoisotopic (exact) mass is 558 g/mol. The molecule has 0 spiro atoms. The van der Waals surface area contributed by atoms with Gasteiger partial charge in [0.2, 0.25) is 0 Å². The van der Waals surface area contributed by atoms with Crippen LogP contribution in [0.5, 0.6) is 5.75 Å². The fourth-order valence-corrected chi connectivity index (χ4v) is 2.96. The molecule has 0 amide bonds. The fourth-order valence-electron chi connectivity index (χ4n) is 2.58. The largest absolute Gasteiger partial charge is 0.492 e. The van der Waals surface area contributed by atoms with Crippen LogP contribution in [0.2, 0.25) is 0 Å². The third-order valence-electron chi connectivity index (χ3n) is 3.96. The summed E-state index contributed by atoms with van der Waals surface area (Å²) in [4.78, 5) is 8.70. The molecule has 0 bridgehead atoms. The molecular weight excluding hydrogens is 535 g/mol. The van der Waals surface area contributed by atoms with Gasteiger partial charge in [-0.15, -0.1) is 24.0 Å². The zero-order valence-electron chi connectivity index (χ0n) is 15.9. The number of aromatic nitrogens is 3. The average molecular weight is 559 g/mol. The smallest absolute Gasteiger partial charge is 0.191 e. The zero-order chi connectivity index (χ0) is 19.1. The highest BCUT2D eigenvalue weighted by Gasteiger charge is 2.02. The predicted molar refractivity (Wildman–Crippen MR) is 126 cm³/mol. The van der Waals surface area contributed by atoms with Gasteiger partial charge in [0.05, 0.1) is 6.54 Å². The molecule has 0 aliphatic carbocycles. The van der Waals surface area contributed by atoms with Gasteiger partial charge >= 0.3 is 0 Å². The summed E-state index contributed by atoms with van der Waals surface area (Å²) in [7, 11) is 1.86. The number of hydrogen-bond donors (Lipinski definition) is 2. The topological polar surface area (TPSA) is 76.4 Å². The number of nitrogens with zero attached hydrogens (tertiary/aromatic N) is 4. The highest BCUT2D eigenvalue weighted by molar-refractivity contribution is 14.0. The minimum absolute atomic E-state index is 0. The molecule has 150 valence electrons. The number of rotatable bonds is 7. The Kier molecular flexibility index (Phi) is 8.97. The minimum Gasteiger partial charge on any atom is -0.492 e. The number of aryl methyl sites for hydroxylation is 1. The van der Waals surface area contributed by atoms with Crippen molar-refractivity contribution < 1.29 is 4.74 Å². The van der Waals surface area contributed by atoms with Crippen molar-refractivity contribution in [2.45, 2.75) is 13.5 Å². The van der Waals surface area contributed by atoms with E-state index in [0.717, 1.165) is 33.9 Å². The third-order valence-corrected chi connectivity index (χ3v) is 4.46. The van der Waals surface area contributed by atoms with Crippen molar-refractivity contribution in [2.75, 3.05) is 19.7 Å². The Labute approximate surface area is 190 Å². The first-order valence-electron chi connectivity index (χ1n) is 8.83. The van der Waals surface area contributed by atoms with E-state index in [1.807, 2.05) is 26.1 Å². The summed E-state index contributed by atoms with van der Waals surface area (Å²) < 4.78 is 8.65. The van der Waals surface area contributed by atoms with E-state index in [9.17, 15) is 0 Å². The molecule has 0 fully saturated rings. The summed E-state index contributed by atoms with van der Waals surface area (Å²) >= 11 is 3.49. The van der Waals surface area contributed by atoms with Gasteiger partial charge in [-0.05, 0) is 42.0 Å². The first kappa shape index (κ1) is 22.4. The van der Waals surface area contributed by atoms with Crippen LogP contribution >= 0.6 is 39.9 Å². The molecule has 1 aromatic heterocycles. The maximum Gasteiger partial charge on any atom is 0.191 e. The van der Waals surface area contributed by atoms with Crippen LogP contribution in [0.25, 0.3) is 10.8 Å². The summed E-state index contributed by atoms with van der Waals surface area (Å²) in [6.07, 6.45) is 1.53. The number of halogens is 2. The molecule has 0 radical (unpaired) electrons. The fraction of sp³-hybridized carbons (Fsp3) is 0.316. The van der Waals surface area contributed by atoms with Crippen LogP contribution in [-0.4, -0.2) is 40.4 Å². The van der Waals surface area contributed by atoms with Gasteiger partial charge in [0.1, 0.15) is 31.1 Å². The molecule has 0 aliphatic heterocycles. The van der Waals surface area contributed by atoms with E-state index in [0.29, 0.717) is 19.7 Å². The first-order valence-corrected chi connectivity index (χ1v) is 9.62. The molecule has 1 heterocycles. The van der Waals surface area contributed by atoms with E-state index in [-0.39, 0.29) is 24.0 Å². The molecule has 7 nitrogen and oxygen atoms in total. The summed E-state index contributed by atoms with van der Waals surface area (Å²) in [6, 6.07) is 12.3. The van der Waals surface area contributed by atoms with Crippen LogP contribution in [0.3, 0.4) is 0 Å². The standard InChI is InChI=1S/C19H23BrN6O.HI/c1-3-21-19(23-12-18-24-13-25-26(18)2)22-8-9-27-17-7-5-14-10-16(20)6-4-15(14)11-17;/h4-7,10-11,13H,3,8-9,12H2,1-2H3,(H2,21,22,23);1H. The lowest BCUT2D eigenvalue weighted by Gasteiger charge is -2.12. The van der Waals surface area contributed by atoms with E-state index in [1.54, 1.807) is 4.68 Å². The quantitative estimate of drug-likeness (QED) is 0.201. The highest BCUT2D eigenvalue weighted by atomic mass is 127. The van der Waals surface area contributed by atoms with Crippen LogP contribution in [-0.2, 0) is 13.6 Å². The normalized spacial score (nSPS) is 11.2. The third kappa shape index (κ3) is 6.33. The van der Waals surface area contributed by atoms with Crippen molar-refractivity contribution in [2.24, 2.45) is 12.0 Å². The Morgan fingerprint density at radius 1 is 1.18 bits per heavy atom. The van der Waals surface area contributed by atoms with Crippen LogP contribution in [0, 0.1) is 0 Å². The van der Waals surface area contributed by atoms with Crippen LogP contribution < -0.4 is 15.4 Å². The Bertz CT molecular complexity index is 930. The van der Waals surface area contributed by atoms with E-state index in [2.05, 4.69) is 65.9 Å². The number of ether oxygens (including phenoxy) is 1. The van der Waals surface area contributed by atoms with E-state index in [4.69, 9.17) is 4.74 Å². The molecule has 0 unspecified atom stereocenters. The highest BCUT2D eigenvalue weighted by Crippen LogP contribution is 2.23. The molecule has 0 atom stereocenters. The summed E-state index contributed by atoms with van der Waals surface area (Å²) in [5.41, 5.74) is 0. The minimum atomic E-state index is 0. The van der Waals surface area contributed by atoms with Gasteiger partial charge in [0.25, 0.3) is 0 Å². The van der Waals surface area contributed by atoms with Gasteiger partial charge in [-0.2, -0.15) is 5.10 Å². The predicted octanol–water partition coefficient (Wildman–Crippen LogP) is 3.48. The van der Waals surface area contributed by atoms with Gasteiger partial charge < -0.3 is 15.4 Å². The summed E-state index contributed by atoms with van der Waals surface area (Å²) in [5, 5.41) is 12.9. The second-order valence-corrected chi connectivity index (χ2v) is 6.84. The number of nitrogens with one attached hydrogen (secondary N) is 2. The molecule has 0 saturated carbocycles. The Balaban J connectivity index is 0.00000280. The van der Waals surface area contributed by atoms with E-state index >= 15 is 0 Å². The number of hydrogen-bond acceptors (Lipinski definition) is 4. The molecule has 9 heteroatoms. The first-order chi connectivity index (χ1) is 13.2. The Morgan fingerprint density at radius 3 is 2.71 bits per heavy atom. The number of benzene rings is 2. The van der Waals surface area contributed by atoms with Crippen molar-refractivity contribution in [1.82, 2.24) is 25.4 Å². The van der Waals surface area contributed by atoms with Crippen LogP contribution in [0.1, 0.15) is 12.7 Å². The summed E-state index contributed by atoms with van der Waals surface area (Å²) in [5.74, 6) is 2.39. The summed E-state index contributed by atoms with van der Waals surface area (Å²) in [6.45, 7) is 4.46. The second-order valence-electron chi connectivity index (χ2n) is 5.92. The molecule has 2 N–H and O–H groups in total. The Morgan fingerprint density at radius 2 is 1.96 bits per heavy atom. The lowest BCUT2D eigenvalue weighted by molar-refractivity contribution is 0.322. The maximum atomic E-state index is 5.86. The molecule has 2 aromatic carbocycles. The van der Waals surface area contributed by atoms with Gasteiger partial charge in [0, 0.05) is 18.1 Å². The molecule has 3 aromatic rings. The lowest BCUT2D eigenvalue weighted by Crippen LogP contribution is -2.39. The van der Waals surface area contributed by atoms with Crippen molar-refractivity contribution in [3.8, 4) is 5.75 Å². The molecular formula is C19H24BrIN6O. The molecule has 3 rings (SSSR count). The number of guanidine groups is 1. The van der Waals surface area contributed by atoms with Gasteiger partial charge in [0.15, 0.2) is 5.96 Å². The SMILES string of the molecule is CCNC(=NCc1ncnn1C)NCCOc1ccc2cc(Br)ccc2c1.I. The second kappa shape index (κ2) is 11.2. The van der Waals surface area contributed by atoms with Gasteiger partial charge in [-0.3, -0.25) is 4.68 Å². The van der Waals surface area contributed by atoms with Crippen LogP contribution in [0.4, 0.5) is 0 Å². The van der Waals surface area contributed by atoms with Crippen molar-refractivity contribution in [3.05, 3.63) is 53.0 Å². The zero-order valence-corrected chi connectivity index (χ0v) is 19.8. The van der Waals surface area contributed by atoms with E-state index < -0.39 is 0 Å². The molecule has 0 saturated heterocycles. The Hall–Kier alpha value is -1.88.